The summed E-state index contributed by atoms with van der Waals surface area (Å²) in [6, 6.07) is 14.7. The maximum Gasteiger partial charge on any atom is 0.157 e. The number of nitrogens with zero attached hydrogens (tertiary/aromatic N) is 1. The zero-order valence-corrected chi connectivity index (χ0v) is 11.2. The van der Waals surface area contributed by atoms with Crippen molar-refractivity contribution in [3.63, 3.8) is 0 Å². The highest BCUT2D eigenvalue weighted by Gasteiger charge is 2.03. The van der Waals surface area contributed by atoms with Crippen molar-refractivity contribution in [2.24, 2.45) is 5.16 Å². The summed E-state index contributed by atoms with van der Waals surface area (Å²) in [6.07, 6.45) is 0. The van der Waals surface area contributed by atoms with Crippen molar-refractivity contribution in [3.05, 3.63) is 64.1 Å². The molecule has 4 heteroatoms. The summed E-state index contributed by atoms with van der Waals surface area (Å²) < 4.78 is 0. The number of oxime groups is 1. The van der Waals surface area contributed by atoms with Gasteiger partial charge in [-0.05, 0) is 31.2 Å². The molecule has 92 valence electrons. The van der Waals surface area contributed by atoms with Gasteiger partial charge in [0.2, 0.25) is 0 Å². The lowest BCUT2D eigenvalue weighted by Gasteiger charge is -2.03. The monoisotopic (exact) mass is 279 g/mol. The first-order valence-electron chi connectivity index (χ1n) is 5.39. The topological polar surface area (TPSA) is 21.6 Å². The Hall–Kier alpha value is -1.51. The van der Waals surface area contributed by atoms with Gasteiger partial charge in [0.25, 0.3) is 0 Å². The van der Waals surface area contributed by atoms with Crippen LogP contribution in [0, 0.1) is 0 Å². The van der Waals surface area contributed by atoms with Gasteiger partial charge < -0.3 is 4.84 Å². The first-order chi connectivity index (χ1) is 8.66. The second-order valence-electron chi connectivity index (χ2n) is 3.71. The Morgan fingerprint density at radius 1 is 1.00 bits per heavy atom. The van der Waals surface area contributed by atoms with E-state index in [2.05, 4.69) is 5.16 Å². The van der Waals surface area contributed by atoms with E-state index in [9.17, 15) is 0 Å². The third-order valence-corrected chi connectivity index (χ3v) is 3.11. The lowest BCUT2D eigenvalue weighted by Crippen LogP contribution is -1.97. The van der Waals surface area contributed by atoms with Crippen LogP contribution < -0.4 is 4.84 Å². The molecule has 0 unspecified atom stereocenters. The average Bonchev–Trinajstić information content (AvgIpc) is 2.40. The molecule has 0 spiro atoms. The largest absolute Gasteiger partial charge is 0.357 e. The molecular formula is C14H11Cl2NO. The molecule has 0 fully saturated rings. The second kappa shape index (κ2) is 5.89. The number of hydrogen-bond donors (Lipinski definition) is 0. The number of para-hydroxylation sites is 1. The molecule has 18 heavy (non-hydrogen) atoms. The number of rotatable bonds is 3. The van der Waals surface area contributed by atoms with E-state index in [1.54, 1.807) is 12.1 Å². The Labute approximate surface area is 116 Å². The molecule has 0 atom stereocenters. The van der Waals surface area contributed by atoms with Crippen LogP contribution >= 0.6 is 23.2 Å². The van der Waals surface area contributed by atoms with Crippen molar-refractivity contribution in [3.8, 4) is 5.75 Å². The first-order valence-corrected chi connectivity index (χ1v) is 6.14. The van der Waals surface area contributed by atoms with Gasteiger partial charge in [0, 0.05) is 5.56 Å². The van der Waals surface area contributed by atoms with Crippen LogP contribution in [0.25, 0.3) is 0 Å². The molecule has 0 bridgehead atoms. The molecule has 0 aliphatic carbocycles. The predicted octanol–water partition coefficient (Wildman–Crippen LogP) is 4.80. The van der Waals surface area contributed by atoms with Crippen LogP contribution in [0.3, 0.4) is 0 Å². The fourth-order valence-electron chi connectivity index (χ4n) is 1.38. The Balaban J connectivity index is 2.15. The summed E-state index contributed by atoms with van der Waals surface area (Å²) in [4.78, 5) is 5.30. The zero-order valence-electron chi connectivity index (χ0n) is 9.73. The van der Waals surface area contributed by atoms with Crippen LogP contribution in [0.4, 0.5) is 0 Å². The van der Waals surface area contributed by atoms with E-state index >= 15 is 0 Å². The van der Waals surface area contributed by atoms with Crippen molar-refractivity contribution < 1.29 is 4.84 Å². The third kappa shape index (κ3) is 3.25. The van der Waals surface area contributed by atoms with E-state index in [-0.39, 0.29) is 0 Å². The summed E-state index contributed by atoms with van der Waals surface area (Å²) in [5.74, 6) is 0.692. The van der Waals surface area contributed by atoms with Crippen molar-refractivity contribution in [1.29, 1.82) is 0 Å². The normalized spacial score (nSPS) is 11.4. The Morgan fingerprint density at radius 3 is 2.39 bits per heavy atom. The van der Waals surface area contributed by atoms with Crippen molar-refractivity contribution in [2.75, 3.05) is 0 Å². The van der Waals surface area contributed by atoms with E-state index in [0.29, 0.717) is 15.8 Å². The van der Waals surface area contributed by atoms with Crippen LogP contribution in [0.1, 0.15) is 12.5 Å². The van der Waals surface area contributed by atoms with Gasteiger partial charge in [-0.25, -0.2) is 0 Å². The number of halogens is 2. The summed E-state index contributed by atoms with van der Waals surface area (Å²) in [7, 11) is 0. The Kier molecular flexibility index (Phi) is 4.24. The van der Waals surface area contributed by atoms with Crippen LogP contribution in [0.15, 0.2) is 53.7 Å². The third-order valence-electron chi connectivity index (χ3n) is 2.37. The minimum atomic E-state index is 0.503. The molecule has 2 nitrogen and oxygen atoms in total. The fourth-order valence-corrected chi connectivity index (χ4v) is 1.67. The zero-order chi connectivity index (χ0) is 13.0. The maximum atomic E-state index is 5.95. The van der Waals surface area contributed by atoms with E-state index in [0.717, 1.165) is 11.3 Å². The molecule has 0 amide bonds. The molecule has 0 aliphatic heterocycles. The van der Waals surface area contributed by atoms with E-state index in [1.807, 2.05) is 43.3 Å². The molecule has 2 rings (SSSR count). The molecule has 2 aromatic carbocycles. The molecule has 0 aromatic heterocycles. The van der Waals surface area contributed by atoms with E-state index < -0.39 is 0 Å². The predicted molar refractivity (Wildman–Crippen MR) is 75.7 cm³/mol. The first kappa shape index (κ1) is 12.9. The molecule has 0 aliphatic rings. The van der Waals surface area contributed by atoms with Crippen molar-refractivity contribution in [2.45, 2.75) is 6.92 Å². The molecule has 2 aromatic rings. The molecule has 0 saturated carbocycles. The van der Waals surface area contributed by atoms with Crippen molar-refractivity contribution >= 4 is 28.9 Å². The van der Waals surface area contributed by atoms with Crippen LogP contribution in [0.2, 0.25) is 10.0 Å². The maximum absolute atomic E-state index is 5.95. The summed E-state index contributed by atoms with van der Waals surface area (Å²) in [6.45, 7) is 1.85. The van der Waals surface area contributed by atoms with E-state index in [1.165, 1.54) is 0 Å². The highest BCUT2D eigenvalue weighted by atomic mass is 35.5. The lowest BCUT2D eigenvalue weighted by molar-refractivity contribution is 0.341. The van der Waals surface area contributed by atoms with Gasteiger partial charge in [-0.2, -0.15) is 0 Å². The summed E-state index contributed by atoms with van der Waals surface area (Å²) >= 11 is 11.8. The fraction of sp³-hybridized carbons (Fsp3) is 0.0714. The summed E-state index contributed by atoms with van der Waals surface area (Å²) in [5, 5.41) is 5.08. The number of hydrogen-bond acceptors (Lipinski definition) is 2. The van der Waals surface area contributed by atoms with E-state index in [4.69, 9.17) is 28.0 Å². The highest BCUT2D eigenvalue weighted by Crippen LogP contribution is 2.23. The standard InChI is InChI=1S/C14H11Cl2NO/c1-10(11-7-8-13(15)14(16)9-11)17-18-12-5-3-2-4-6-12/h2-9H,1H3/b17-10+. The highest BCUT2D eigenvalue weighted by molar-refractivity contribution is 6.42. The van der Waals surface area contributed by atoms with Gasteiger partial charge >= 0.3 is 0 Å². The average molecular weight is 280 g/mol. The quantitative estimate of drug-likeness (QED) is 0.584. The van der Waals surface area contributed by atoms with Gasteiger partial charge in [0.15, 0.2) is 5.75 Å². The van der Waals surface area contributed by atoms with Gasteiger partial charge in [0.05, 0.1) is 15.8 Å². The Bertz CT molecular complexity index is 567. The summed E-state index contributed by atoms with van der Waals surface area (Å²) in [5.41, 5.74) is 1.61. The van der Waals surface area contributed by atoms with Crippen LogP contribution in [-0.2, 0) is 0 Å². The minimum Gasteiger partial charge on any atom is -0.357 e. The van der Waals surface area contributed by atoms with Crippen LogP contribution in [0.5, 0.6) is 5.75 Å². The molecule has 0 heterocycles. The van der Waals surface area contributed by atoms with Crippen LogP contribution in [-0.4, -0.2) is 5.71 Å². The molecular weight excluding hydrogens is 269 g/mol. The molecule has 0 N–H and O–H groups in total. The molecule has 0 radical (unpaired) electrons. The smallest absolute Gasteiger partial charge is 0.157 e. The van der Waals surface area contributed by atoms with Gasteiger partial charge in [0.1, 0.15) is 0 Å². The minimum absolute atomic E-state index is 0.503. The van der Waals surface area contributed by atoms with Gasteiger partial charge in [-0.1, -0.05) is 52.6 Å². The lowest BCUT2D eigenvalue weighted by atomic mass is 10.1. The number of benzene rings is 2. The molecule has 0 saturated heterocycles. The van der Waals surface area contributed by atoms with Gasteiger partial charge in [-0.15, -0.1) is 0 Å². The van der Waals surface area contributed by atoms with Gasteiger partial charge in [-0.3, -0.25) is 0 Å². The van der Waals surface area contributed by atoms with Crippen molar-refractivity contribution in [1.82, 2.24) is 0 Å². The Morgan fingerprint density at radius 2 is 1.72 bits per heavy atom. The SMILES string of the molecule is C/C(=N\Oc1ccccc1)c1ccc(Cl)c(Cl)c1. The second-order valence-corrected chi connectivity index (χ2v) is 4.52.